The van der Waals surface area contributed by atoms with E-state index in [0.717, 1.165) is 18.7 Å². The minimum absolute atomic E-state index is 0.00568. The largest absolute Gasteiger partial charge is 0.472 e. The van der Waals surface area contributed by atoms with Crippen LogP contribution >= 0.6 is 0 Å². The lowest BCUT2D eigenvalue weighted by Crippen LogP contribution is -2.49. The van der Waals surface area contributed by atoms with Crippen molar-refractivity contribution in [3.8, 4) is 11.4 Å². The number of carbonyl (C=O) groups excluding carboxylic acids is 1. The van der Waals surface area contributed by atoms with Crippen LogP contribution in [0.25, 0.3) is 11.4 Å². The predicted octanol–water partition coefficient (Wildman–Crippen LogP) is 2.85. The van der Waals surface area contributed by atoms with Gasteiger partial charge in [-0.1, -0.05) is 35.5 Å². The summed E-state index contributed by atoms with van der Waals surface area (Å²) in [6.07, 6.45) is 3.01. The summed E-state index contributed by atoms with van der Waals surface area (Å²) in [6, 6.07) is 11.5. The van der Waals surface area contributed by atoms with Gasteiger partial charge in [-0.2, -0.15) is 4.98 Å². The van der Waals surface area contributed by atoms with Gasteiger partial charge in [0, 0.05) is 31.7 Å². The lowest BCUT2D eigenvalue weighted by molar-refractivity contribution is 0.0551. The molecule has 3 aromatic rings. The first-order valence-corrected chi connectivity index (χ1v) is 8.67. The van der Waals surface area contributed by atoms with Crippen molar-refractivity contribution >= 4 is 5.91 Å². The Labute approximate surface area is 151 Å². The number of rotatable bonds is 4. The Balaban J connectivity index is 1.39. The molecule has 3 heterocycles. The van der Waals surface area contributed by atoms with Gasteiger partial charge in [0.2, 0.25) is 11.7 Å². The molecule has 0 aliphatic carbocycles. The molecule has 0 radical (unpaired) electrons. The Bertz CT molecular complexity index is 852. The number of carbonyl (C=O) groups is 1. The molecule has 1 amide bonds. The Morgan fingerprint density at radius 1 is 1.12 bits per heavy atom. The molecule has 0 saturated carbocycles. The molecule has 1 saturated heterocycles. The van der Waals surface area contributed by atoms with Gasteiger partial charge in [-0.15, -0.1) is 0 Å². The van der Waals surface area contributed by atoms with Crippen LogP contribution in [0.15, 0.2) is 57.9 Å². The summed E-state index contributed by atoms with van der Waals surface area (Å²) in [7, 11) is 0. The highest BCUT2D eigenvalue weighted by Crippen LogP contribution is 2.23. The van der Waals surface area contributed by atoms with Gasteiger partial charge in [0.1, 0.15) is 6.26 Å². The molecule has 0 spiro atoms. The Kier molecular flexibility index (Phi) is 4.53. The van der Waals surface area contributed by atoms with Crippen molar-refractivity contribution in [3.63, 3.8) is 0 Å². The van der Waals surface area contributed by atoms with Crippen molar-refractivity contribution in [3.05, 3.63) is 60.4 Å². The summed E-state index contributed by atoms with van der Waals surface area (Å²) in [5.74, 6) is 1.20. The van der Waals surface area contributed by atoms with Gasteiger partial charge in [0.05, 0.1) is 17.9 Å². The standard InChI is InChI=1S/C19H20N4O3/c1-14(18-20-17(21-26-18)15-5-3-2-4-6-15)22-8-10-23(11-9-22)19(24)16-7-12-25-13-16/h2-7,12-14H,8-11H2,1H3/t14-/m1/s1. The van der Waals surface area contributed by atoms with Crippen molar-refractivity contribution < 1.29 is 13.7 Å². The van der Waals surface area contributed by atoms with Gasteiger partial charge in [0.25, 0.3) is 5.91 Å². The maximum Gasteiger partial charge on any atom is 0.257 e. The average Bonchev–Trinajstić information content (AvgIpc) is 3.40. The minimum Gasteiger partial charge on any atom is -0.472 e. The summed E-state index contributed by atoms with van der Waals surface area (Å²) in [5, 5.41) is 4.09. The van der Waals surface area contributed by atoms with Crippen molar-refractivity contribution in [1.29, 1.82) is 0 Å². The monoisotopic (exact) mass is 352 g/mol. The fourth-order valence-electron chi connectivity index (χ4n) is 3.15. The van der Waals surface area contributed by atoms with Crippen LogP contribution in [0.2, 0.25) is 0 Å². The molecule has 26 heavy (non-hydrogen) atoms. The van der Waals surface area contributed by atoms with E-state index in [0.29, 0.717) is 30.4 Å². The fraction of sp³-hybridized carbons (Fsp3) is 0.316. The molecule has 134 valence electrons. The highest BCUT2D eigenvalue weighted by atomic mass is 16.5. The molecule has 1 aliphatic heterocycles. The molecule has 2 aromatic heterocycles. The summed E-state index contributed by atoms with van der Waals surface area (Å²) < 4.78 is 10.5. The molecular formula is C19H20N4O3. The second kappa shape index (κ2) is 7.13. The van der Waals surface area contributed by atoms with Crippen molar-refractivity contribution in [2.45, 2.75) is 13.0 Å². The maximum atomic E-state index is 12.4. The zero-order valence-corrected chi connectivity index (χ0v) is 14.5. The molecule has 0 N–H and O–H groups in total. The van der Waals surface area contributed by atoms with Crippen LogP contribution < -0.4 is 0 Å². The maximum absolute atomic E-state index is 12.4. The van der Waals surface area contributed by atoms with Crippen LogP contribution in [-0.2, 0) is 0 Å². The summed E-state index contributed by atoms with van der Waals surface area (Å²) in [5.41, 5.74) is 1.53. The first-order valence-electron chi connectivity index (χ1n) is 8.67. The molecule has 7 heteroatoms. The Morgan fingerprint density at radius 3 is 2.58 bits per heavy atom. The Morgan fingerprint density at radius 2 is 1.88 bits per heavy atom. The molecular weight excluding hydrogens is 332 g/mol. The third-order valence-electron chi connectivity index (χ3n) is 4.75. The summed E-state index contributed by atoms with van der Waals surface area (Å²) >= 11 is 0. The Hall–Kier alpha value is -2.93. The molecule has 1 fully saturated rings. The van der Waals surface area contributed by atoms with Gasteiger partial charge in [-0.25, -0.2) is 0 Å². The van der Waals surface area contributed by atoms with Crippen molar-refractivity contribution in [2.24, 2.45) is 0 Å². The number of nitrogens with zero attached hydrogens (tertiary/aromatic N) is 4. The number of hydrogen-bond donors (Lipinski definition) is 0. The quantitative estimate of drug-likeness (QED) is 0.719. The predicted molar refractivity (Wildman–Crippen MR) is 94.3 cm³/mol. The molecule has 0 unspecified atom stereocenters. The third-order valence-corrected chi connectivity index (χ3v) is 4.75. The van der Waals surface area contributed by atoms with Gasteiger partial charge in [0.15, 0.2) is 0 Å². The van der Waals surface area contributed by atoms with E-state index in [4.69, 9.17) is 8.94 Å². The van der Waals surface area contributed by atoms with E-state index in [9.17, 15) is 4.79 Å². The van der Waals surface area contributed by atoms with E-state index in [-0.39, 0.29) is 11.9 Å². The second-order valence-electron chi connectivity index (χ2n) is 6.34. The molecule has 7 nitrogen and oxygen atoms in total. The van der Waals surface area contributed by atoms with E-state index in [1.54, 1.807) is 6.07 Å². The number of aromatic nitrogens is 2. The summed E-state index contributed by atoms with van der Waals surface area (Å²) in [4.78, 5) is 21.0. The van der Waals surface area contributed by atoms with Gasteiger partial charge >= 0.3 is 0 Å². The minimum atomic E-state index is 0.00568. The van der Waals surface area contributed by atoms with Crippen molar-refractivity contribution in [2.75, 3.05) is 26.2 Å². The highest BCUT2D eigenvalue weighted by Gasteiger charge is 2.28. The number of amides is 1. The van der Waals surface area contributed by atoms with Gasteiger partial charge in [-0.3, -0.25) is 9.69 Å². The van der Waals surface area contributed by atoms with E-state index in [2.05, 4.69) is 22.0 Å². The van der Waals surface area contributed by atoms with E-state index in [1.165, 1.54) is 12.5 Å². The zero-order chi connectivity index (χ0) is 17.9. The van der Waals surface area contributed by atoms with Crippen LogP contribution in [0, 0.1) is 0 Å². The smallest absolute Gasteiger partial charge is 0.257 e. The topological polar surface area (TPSA) is 75.6 Å². The highest BCUT2D eigenvalue weighted by molar-refractivity contribution is 5.93. The molecule has 1 atom stereocenters. The van der Waals surface area contributed by atoms with E-state index in [1.807, 2.05) is 35.2 Å². The van der Waals surface area contributed by atoms with Crippen molar-refractivity contribution in [1.82, 2.24) is 19.9 Å². The number of hydrogen-bond acceptors (Lipinski definition) is 6. The van der Waals surface area contributed by atoms with Crippen LogP contribution in [0.5, 0.6) is 0 Å². The average molecular weight is 352 g/mol. The third kappa shape index (κ3) is 3.25. The first-order chi connectivity index (χ1) is 12.7. The zero-order valence-electron chi connectivity index (χ0n) is 14.5. The molecule has 0 bridgehead atoms. The van der Waals surface area contributed by atoms with Gasteiger partial charge < -0.3 is 13.8 Å². The lowest BCUT2D eigenvalue weighted by atomic mass is 10.2. The van der Waals surface area contributed by atoms with Crippen LogP contribution in [0.1, 0.15) is 29.2 Å². The lowest BCUT2D eigenvalue weighted by Gasteiger charge is -2.36. The molecule has 1 aliphatic rings. The molecule has 1 aromatic carbocycles. The van der Waals surface area contributed by atoms with Crippen LogP contribution in [0.3, 0.4) is 0 Å². The molecule has 4 rings (SSSR count). The van der Waals surface area contributed by atoms with Gasteiger partial charge in [-0.05, 0) is 13.0 Å². The van der Waals surface area contributed by atoms with Crippen LogP contribution in [0.4, 0.5) is 0 Å². The second-order valence-corrected chi connectivity index (χ2v) is 6.34. The van der Waals surface area contributed by atoms with E-state index >= 15 is 0 Å². The SMILES string of the molecule is C[C@H](c1nc(-c2ccccc2)no1)N1CCN(C(=O)c2ccoc2)CC1. The normalized spacial score (nSPS) is 16.6. The van der Waals surface area contributed by atoms with Crippen LogP contribution in [-0.4, -0.2) is 52.0 Å². The number of benzene rings is 1. The first kappa shape index (κ1) is 16.5. The summed E-state index contributed by atoms with van der Waals surface area (Å²) in [6.45, 7) is 4.89. The fourth-order valence-corrected chi connectivity index (χ4v) is 3.15. The number of furan rings is 1. The van der Waals surface area contributed by atoms with E-state index < -0.39 is 0 Å². The number of piperazine rings is 1.